The molecule has 172 valence electrons. The minimum atomic E-state index is -0.516. The van der Waals surface area contributed by atoms with Crippen LogP contribution in [0, 0.1) is 0 Å². The number of carbonyl (C=O) groups is 1. The fourth-order valence-electron chi connectivity index (χ4n) is 3.01. The van der Waals surface area contributed by atoms with Crippen molar-refractivity contribution in [2.45, 2.75) is 13.2 Å². The monoisotopic (exact) mass is 506 g/mol. The molecule has 33 heavy (non-hydrogen) atoms. The molecule has 0 aliphatic heterocycles. The predicted octanol–water partition coefficient (Wildman–Crippen LogP) is 6.97. The molecule has 8 heteroatoms. The van der Waals surface area contributed by atoms with Gasteiger partial charge >= 0.3 is 5.97 Å². The maximum absolute atomic E-state index is 12.2. The average Bonchev–Trinajstić information content (AvgIpc) is 2.81. The van der Waals surface area contributed by atoms with Gasteiger partial charge in [-0.05, 0) is 28.8 Å². The van der Waals surface area contributed by atoms with E-state index in [0.717, 1.165) is 11.1 Å². The van der Waals surface area contributed by atoms with Crippen LogP contribution in [0.4, 0.5) is 0 Å². The summed E-state index contributed by atoms with van der Waals surface area (Å²) in [6, 6.07) is 17.8. The van der Waals surface area contributed by atoms with Crippen LogP contribution in [0.1, 0.15) is 16.7 Å². The van der Waals surface area contributed by atoms with Crippen LogP contribution < -0.4 is 9.47 Å². The molecule has 0 N–H and O–H groups in total. The Bertz CT molecular complexity index is 1120. The normalized spacial score (nSPS) is 11.1. The quantitative estimate of drug-likeness (QED) is 0.178. The lowest BCUT2D eigenvalue weighted by Gasteiger charge is -2.15. The van der Waals surface area contributed by atoms with Gasteiger partial charge in [0.25, 0.3) is 0 Å². The lowest BCUT2D eigenvalue weighted by Crippen LogP contribution is -2.08. The third kappa shape index (κ3) is 6.57. The number of rotatable bonds is 9. The lowest BCUT2D eigenvalue weighted by molar-refractivity contribution is -0.133. The summed E-state index contributed by atoms with van der Waals surface area (Å²) in [7, 11) is 2.77. The molecule has 0 saturated heterocycles. The Kier molecular flexibility index (Phi) is 8.89. The second-order valence-corrected chi connectivity index (χ2v) is 8.09. The molecule has 0 saturated carbocycles. The third-order valence-corrected chi connectivity index (χ3v) is 5.42. The van der Waals surface area contributed by atoms with Crippen molar-refractivity contribution in [3.05, 3.63) is 98.7 Å². The summed E-state index contributed by atoms with van der Waals surface area (Å²) in [6.45, 7) is 0.443. The Morgan fingerprint density at radius 1 is 0.879 bits per heavy atom. The minimum absolute atomic E-state index is 0.159. The van der Waals surface area contributed by atoms with Gasteiger partial charge in [-0.15, -0.1) is 0 Å². The van der Waals surface area contributed by atoms with Crippen LogP contribution in [-0.4, -0.2) is 20.2 Å². The molecule has 0 aliphatic carbocycles. The van der Waals surface area contributed by atoms with Crippen LogP contribution in [-0.2, 0) is 27.5 Å². The van der Waals surface area contributed by atoms with Crippen molar-refractivity contribution in [2.24, 2.45) is 0 Å². The fourth-order valence-corrected chi connectivity index (χ4v) is 3.72. The summed E-state index contributed by atoms with van der Waals surface area (Å²) >= 11 is 18.7. The summed E-state index contributed by atoms with van der Waals surface area (Å²) < 4.78 is 21.6. The van der Waals surface area contributed by atoms with Crippen molar-refractivity contribution in [3.8, 4) is 11.5 Å². The molecule has 0 amide bonds. The Balaban J connectivity index is 1.74. The van der Waals surface area contributed by atoms with E-state index in [-0.39, 0.29) is 18.8 Å². The Labute approximate surface area is 207 Å². The maximum Gasteiger partial charge on any atom is 0.341 e. The molecule has 5 nitrogen and oxygen atoms in total. The fraction of sp³-hybridized carbons (Fsp3) is 0.160. The molecule has 0 aromatic heterocycles. The number of halogens is 3. The van der Waals surface area contributed by atoms with Gasteiger partial charge in [-0.2, -0.15) is 0 Å². The lowest BCUT2D eigenvalue weighted by atomic mass is 10.0. The topological polar surface area (TPSA) is 54.0 Å². The molecule has 0 unspecified atom stereocenters. The van der Waals surface area contributed by atoms with Crippen molar-refractivity contribution in [1.82, 2.24) is 0 Å². The van der Waals surface area contributed by atoms with E-state index in [4.69, 9.17) is 53.8 Å². The van der Waals surface area contributed by atoms with Crippen LogP contribution in [0.5, 0.6) is 11.5 Å². The number of hydrogen-bond acceptors (Lipinski definition) is 5. The second kappa shape index (κ2) is 11.8. The molecule has 0 radical (unpaired) electrons. The molecule has 0 fully saturated rings. The first-order valence-electron chi connectivity index (χ1n) is 9.81. The summed E-state index contributed by atoms with van der Waals surface area (Å²) in [5, 5.41) is 1.28. The van der Waals surface area contributed by atoms with Gasteiger partial charge < -0.3 is 18.9 Å². The van der Waals surface area contributed by atoms with Gasteiger partial charge in [0.2, 0.25) is 0 Å². The van der Waals surface area contributed by atoms with Crippen LogP contribution in [0.3, 0.4) is 0 Å². The highest BCUT2D eigenvalue weighted by Gasteiger charge is 2.17. The number of methoxy groups -OCH3 is 2. The van der Waals surface area contributed by atoms with E-state index < -0.39 is 5.97 Å². The molecule has 0 bridgehead atoms. The first kappa shape index (κ1) is 24.8. The standard InChI is InChI=1S/C25H21Cl3O5/c1-30-15-21(25(29)31-2)20-6-4-3-5-17(20)14-32-19-11-22(27)24(23(28)12-19)33-13-16-7-9-18(26)10-8-16/h3-12,15H,13-14H2,1-2H3. The zero-order chi connectivity index (χ0) is 23.8. The highest BCUT2D eigenvalue weighted by Crippen LogP contribution is 2.38. The van der Waals surface area contributed by atoms with Gasteiger partial charge in [0.15, 0.2) is 5.75 Å². The summed E-state index contributed by atoms with van der Waals surface area (Å²) in [5.74, 6) is 0.295. The van der Waals surface area contributed by atoms with Gasteiger partial charge in [0.05, 0.1) is 30.5 Å². The zero-order valence-corrected chi connectivity index (χ0v) is 20.2. The van der Waals surface area contributed by atoms with Gasteiger partial charge in [0.1, 0.15) is 24.5 Å². The molecular weight excluding hydrogens is 487 g/mol. The maximum atomic E-state index is 12.2. The largest absolute Gasteiger partial charge is 0.503 e. The highest BCUT2D eigenvalue weighted by atomic mass is 35.5. The van der Waals surface area contributed by atoms with E-state index in [1.54, 1.807) is 30.3 Å². The van der Waals surface area contributed by atoms with Crippen molar-refractivity contribution in [3.63, 3.8) is 0 Å². The van der Waals surface area contributed by atoms with E-state index in [2.05, 4.69) is 0 Å². The smallest absolute Gasteiger partial charge is 0.341 e. The molecule has 0 heterocycles. The second-order valence-electron chi connectivity index (χ2n) is 6.84. The molecule has 0 atom stereocenters. The van der Waals surface area contributed by atoms with Gasteiger partial charge in [-0.25, -0.2) is 4.79 Å². The highest BCUT2D eigenvalue weighted by molar-refractivity contribution is 6.37. The van der Waals surface area contributed by atoms with E-state index in [9.17, 15) is 4.79 Å². The van der Waals surface area contributed by atoms with Gasteiger partial charge in [-0.3, -0.25) is 0 Å². The molecule has 3 aromatic carbocycles. The number of esters is 1. The van der Waals surface area contributed by atoms with Gasteiger partial charge in [0, 0.05) is 17.2 Å². The van der Waals surface area contributed by atoms with Crippen LogP contribution in [0.2, 0.25) is 15.1 Å². The van der Waals surface area contributed by atoms with Crippen LogP contribution in [0.15, 0.2) is 66.9 Å². The van der Waals surface area contributed by atoms with Crippen molar-refractivity contribution in [1.29, 1.82) is 0 Å². The first-order chi connectivity index (χ1) is 15.9. The summed E-state index contributed by atoms with van der Waals surface area (Å²) in [5.41, 5.74) is 2.59. The van der Waals surface area contributed by atoms with Crippen LogP contribution >= 0.6 is 34.8 Å². The Morgan fingerprint density at radius 3 is 2.18 bits per heavy atom. The van der Waals surface area contributed by atoms with Gasteiger partial charge in [-0.1, -0.05) is 71.2 Å². The Hall–Kier alpha value is -2.86. The molecule has 3 rings (SSSR count). The zero-order valence-electron chi connectivity index (χ0n) is 17.9. The van der Waals surface area contributed by atoms with E-state index in [1.807, 2.05) is 30.3 Å². The van der Waals surface area contributed by atoms with E-state index in [1.165, 1.54) is 20.5 Å². The molecular formula is C25H21Cl3O5. The van der Waals surface area contributed by atoms with Crippen molar-refractivity contribution in [2.75, 3.05) is 14.2 Å². The Morgan fingerprint density at radius 2 is 1.55 bits per heavy atom. The number of hydrogen-bond donors (Lipinski definition) is 0. The van der Waals surface area contributed by atoms with E-state index in [0.29, 0.717) is 32.1 Å². The summed E-state index contributed by atoms with van der Waals surface area (Å²) in [6.07, 6.45) is 1.34. The minimum Gasteiger partial charge on any atom is -0.503 e. The van der Waals surface area contributed by atoms with Crippen molar-refractivity contribution >= 4 is 46.3 Å². The van der Waals surface area contributed by atoms with Crippen molar-refractivity contribution < 1.29 is 23.7 Å². The van der Waals surface area contributed by atoms with E-state index >= 15 is 0 Å². The number of carbonyl (C=O) groups excluding carboxylic acids is 1. The SMILES string of the molecule is COC=C(C(=O)OC)c1ccccc1COc1cc(Cl)c(OCc2ccc(Cl)cc2)c(Cl)c1. The average molecular weight is 508 g/mol. The summed E-state index contributed by atoms with van der Waals surface area (Å²) in [4.78, 5) is 12.2. The third-order valence-electron chi connectivity index (χ3n) is 4.61. The first-order valence-corrected chi connectivity index (χ1v) is 10.9. The number of benzene rings is 3. The molecule has 0 spiro atoms. The van der Waals surface area contributed by atoms with Crippen LogP contribution in [0.25, 0.3) is 5.57 Å². The number of ether oxygens (including phenoxy) is 4. The molecule has 0 aliphatic rings. The molecule has 3 aromatic rings. The predicted molar refractivity (Wildman–Crippen MR) is 130 cm³/mol.